The van der Waals surface area contributed by atoms with Crippen LogP contribution in [0.15, 0.2) is 0 Å². The number of aliphatic hydroxyl groups is 4. The van der Waals surface area contributed by atoms with Gasteiger partial charge in [0.05, 0.1) is 6.61 Å². The molecule has 7 nitrogen and oxygen atoms in total. The summed E-state index contributed by atoms with van der Waals surface area (Å²) in [6.07, 6.45) is -6.28. The molecule has 0 aromatic carbocycles. The first kappa shape index (κ1) is 12.0. The lowest BCUT2D eigenvalue weighted by molar-refractivity contribution is -0.158. The second kappa shape index (κ2) is 4.87. The van der Waals surface area contributed by atoms with E-state index in [4.69, 9.17) is 25.5 Å². The van der Waals surface area contributed by atoms with Gasteiger partial charge in [-0.3, -0.25) is 4.79 Å². The number of hydrogen-bond donors (Lipinski definition) is 5. The second-order valence-electron chi connectivity index (χ2n) is 2.34. The van der Waals surface area contributed by atoms with E-state index in [1.54, 1.807) is 0 Å². The third-order valence-corrected chi connectivity index (χ3v) is 1.35. The fourth-order valence-electron chi connectivity index (χ4n) is 0.573. The second-order valence-corrected chi connectivity index (χ2v) is 2.34. The van der Waals surface area contributed by atoms with Crippen molar-refractivity contribution in [1.29, 1.82) is 0 Å². The van der Waals surface area contributed by atoms with Crippen LogP contribution in [0.1, 0.15) is 0 Å². The lowest BCUT2D eigenvalue weighted by Crippen LogP contribution is -2.45. The number of ketones is 1. The molecule has 0 heterocycles. The Balaban J connectivity index is 4.33. The number of carboxylic acid groups (broad SMARTS) is 1. The Kier molecular flexibility index (Phi) is 4.49. The zero-order chi connectivity index (χ0) is 10.6. The van der Waals surface area contributed by atoms with Crippen LogP contribution in [0.4, 0.5) is 0 Å². The van der Waals surface area contributed by atoms with E-state index in [0.29, 0.717) is 0 Å². The van der Waals surface area contributed by atoms with Crippen LogP contribution >= 0.6 is 0 Å². The van der Waals surface area contributed by atoms with Crippen molar-refractivity contribution in [3.05, 3.63) is 0 Å². The van der Waals surface area contributed by atoms with Crippen molar-refractivity contribution in [2.75, 3.05) is 6.61 Å². The van der Waals surface area contributed by atoms with Crippen LogP contribution < -0.4 is 0 Å². The minimum absolute atomic E-state index is 0.904. The van der Waals surface area contributed by atoms with E-state index >= 15 is 0 Å². The molecular formula is C6H10O7. The molecule has 0 rings (SSSR count). The van der Waals surface area contributed by atoms with Gasteiger partial charge in [-0.1, -0.05) is 0 Å². The molecule has 0 aliphatic rings. The van der Waals surface area contributed by atoms with Crippen molar-refractivity contribution in [2.24, 2.45) is 0 Å². The first-order valence-electron chi connectivity index (χ1n) is 3.33. The fourth-order valence-corrected chi connectivity index (χ4v) is 0.573. The molecule has 0 amide bonds. The van der Waals surface area contributed by atoms with Crippen LogP contribution in [0.2, 0.25) is 0 Å². The van der Waals surface area contributed by atoms with E-state index in [2.05, 4.69) is 0 Å². The lowest BCUT2D eigenvalue weighted by atomic mass is 10.1. The van der Waals surface area contributed by atoms with Gasteiger partial charge in [0.25, 0.3) is 0 Å². The quantitative estimate of drug-likeness (QED) is 0.289. The SMILES string of the molecule is O=C(O)[C@H](O)C(=O)[C@@H](O)[C@H](O)CO. The van der Waals surface area contributed by atoms with Crippen LogP contribution in [0, 0.1) is 0 Å². The molecule has 0 spiro atoms. The molecule has 0 radical (unpaired) electrons. The highest BCUT2D eigenvalue weighted by Gasteiger charge is 2.33. The third-order valence-electron chi connectivity index (χ3n) is 1.35. The van der Waals surface area contributed by atoms with Crippen molar-refractivity contribution in [1.82, 2.24) is 0 Å². The van der Waals surface area contributed by atoms with E-state index in [1.807, 2.05) is 0 Å². The van der Waals surface area contributed by atoms with E-state index in [-0.39, 0.29) is 0 Å². The van der Waals surface area contributed by atoms with E-state index < -0.39 is 36.7 Å². The summed E-state index contributed by atoms with van der Waals surface area (Å²) >= 11 is 0. The number of carbonyl (C=O) groups excluding carboxylic acids is 1. The summed E-state index contributed by atoms with van der Waals surface area (Å²) in [7, 11) is 0. The fraction of sp³-hybridized carbons (Fsp3) is 0.667. The molecule has 0 unspecified atom stereocenters. The molecular weight excluding hydrogens is 184 g/mol. The van der Waals surface area contributed by atoms with Gasteiger partial charge in [-0.05, 0) is 0 Å². The molecule has 0 aromatic rings. The van der Waals surface area contributed by atoms with Crippen molar-refractivity contribution in [3.63, 3.8) is 0 Å². The summed E-state index contributed by atoms with van der Waals surface area (Å²) in [6.45, 7) is -0.904. The number of aliphatic carboxylic acids is 1. The molecule has 13 heavy (non-hydrogen) atoms. The largest absolute Gasteiger partial charge is 0.479 e. The van der Waals surface area contributed by atoms with Gasteiger partial charge in [-0.2, -0.15) is 0 Å². The zero-order valence-corrected chi connectivity index (χ0v) is 6.49. The molecule has 0 aliphatic heterocycles. The van der Waals surface area contributed by atoms with Gasteiger partial charge in [0.2, 0.25) is 11.9 Å². The highest BCUT2D eigenvalue weighted by molar-refractivity contribution is 6.03. The normalized spacial score (nSPS) is 17.5. The van der Waals surface area contributed by atoms with E-state index in [9.17, 15) is 9.59 Å². The maximum absolute atomic E-state index is 10.7. The van der Waals surface area contributed by atoms with Gasteiger partial charge >= 0.3 is 5.97 Å². The highest BCUT2D eigenvalue weighted by Crippen LogP contribution is 1.99. The maximum Gasteiger partial charge on any atom is 0.340 e. The van der Waals surface area contributed by atoms with Crippen LogP contribution in [0.25, 0.3) is 0 Å². The molecule has 5 N–H and O–H groups in total. The van der Waals surface area contributed by atoms with Crippen LogP contribution in [-0.2, 0) is 9.59 Å². The first-order chi connectivity index (χ1) is 5.91. The van der Waals surface area contributed by atoms with Crippen LogP contribution in [0.5, 0.6) is 0 Å². The standard InChI is InChI=1S/C6H10O7/c7-1-2(8)3(9)4(10)5(11)6(12)13/h2-3,5,7-9,11H,1H2,(H,12,13)/t2-,3+,5-/m1/s1. The van der Waals surface area contributed by atoms with Gasteiger partial charge in [0.15, 0.2) is 0 Å². The number of aliphatic hydroxyl groups excluding tert-OH is 4. The predicted molar refractivity (Wildman–Crippen MR) is 37.7 cm³/mol. The Bertz CT molecular complexity index is 201. The van der Waals surface area contributed by atoms with Crippen molar-refractivity contribution in [2.45, 2.75) is 18.3 Å². The van der Waals surface area contributed by atoms with E-state index in [1.165, 1.54) is 0 Å². The average molecular weight is 194 g/mol. The summed E-state index contributed by atoms with van der Waals surface area (Å²) in [5.41, 5.74) is 0. The summed E-state index contributed by atoms with van der Waals surface area (Å²) in [5.74, 6) is -3.29. The minimum atomic E-state index is -2.39. The van der Waals surface area contributed by atoms with Crippen molar-refractivity contribution < 1.29 is 35.1 Å². The molecule has 0 aromatic heterocycles. The Morgan fingerprint density at radius 3 is 1.92 bits per heavy atom. The monoisotopic (exact) mass is 194 g/mol. The van der Waals surface area contributed by atoms with Crippen molar-refractivity contribution >= 4 is 11.8 Å². The summed E-state index contributed by atoms with van der Waals surface area (Å²) in [4.78, 5) is 20.8. The lowest BCUT2D eigenvalue weighted by Gasteiger charge is -2.15. The Morgan fingerprint density at radius 1 is 1.15 bits per heavy atom. The third kappa shape index (κ3) is 3.07. The Morgan fingerprint density at radius 2 is 1.62 bits per heavy atom. The molecule has 76 valence electrons. The van der Waals surface area contributed by atoms with Crippen LogP contribution in [-0.4, -0.2) is 62.2 Å². The van der Waals surface area contributed by atoms with Crippen molar-refractivity contribution in [3.8, 4) is 0 Å². The topological polar surface area (TPSA) is 135 Å². The smallest absolute Gasteiger partial charge is 0.340 e. The molecule has 0 fully saturated rings. The van der Waals surface area contributed by atoms with Gasteiger partial charge in [-0.15, -0.1) is 0 Å². The molecule has 0 saturated heterocycles. The summed E-state index contributed by atoms with van der Waals surface area (Å²) in [5, 5.41) is 42.5. The molecule has 0 aliphatic carbocycles. The summed E-state index contributed by atoms with van der Waals surface area (Å²) in [6, 6.07) is 0. The first-order valence-corrected chi connectivity index (χ1v) is 3.33. The number of hydrogen-bond acceptors (Lipinski definition) is 6. The number of carboxylic acids is 1. The highest BCUT2D eigenvalue weighted by atomic mass is 16.4. The Hall–Kier alpha value is -1.02. The number of carbonyl (C=O) groups is 2. The molecule has 3 atom stereocenters. The molecule has 0 saturated carbocycles. The van der Waals surface area contributed by atoms with Gasteiger partial charge in [-0.25, -0.2) is 4.79 Å². The van der Waals surface area contributed by atoms with Gasteiger partial charge < -0.3 is 25.5 Å². The zero-order valence-electron chi connectivity index (χ0n) is 6.49. The van der Waals surface area contributed by atoms with Crippen LogP contribution in [0.3, 0.4) is 0 Å². The molecule has 0 bridgehead atoms. The average Bonchev–Trinajstić information content (AvgIpc) is 2.12. The number of Topliss-reactive ketones (excluding diaryl/α,β-unsaturated/α-hetero) is 1. The summed E-state index contributed by atoms with van der Waals surface area (Å²) < 4.78 is 0. The predicted octanol–water partition coefficient (Wildman–Crippen LogP) is -3.28. The maximum atomic E-state index is 10.7. The van der Waals surface area contributed by atoms with E-state index in [0.717, 1.165) is 0 Å². The van der Waals surface area contributed by atoms with Gasteiger partial charge in [0, 0.05) is 0 Å². The molecule has 7 heteroatoms. The Labute approximate surface area is 72.9 Å². The number of rotatable bonds is 5. The minimum Gasteiger partial charge on any atom is -0.479 e. The van der Waals surface area contributed by atoms with Gasteiger partial charge in [0.1, 0.15) is 12.2 Å².